The summed E-state index contributed by atoms with van der Waals surface area (Å²) in [6, 6.07) is 0. The summed E-state index contributed by atoms with van der Waals surface area (Å²) in [7, 11) is -7.72. The average Bonchev–Trinajstić information content (AvgIpc) is 2.34. The van der Waals surface area contributed by atoms with E-state index < -0.39 is 32.4 Å². The molecule has 0 aromatic carbocycles. The molecule has 0 radical (unpaired) electrons. The minimum atomic E-state index is -3.86. The lowest BCUT2D eigenvalue weighted by molar-refractivity contribution is -0.0410. The van der Waals surface area contributed by atoms with Gasteiger partial charge >= 0.3 is 0 Å². The maximum Gasteiger partial charge on any atom is 0.264 e. The van der Waals surface area contributed by atoms with Crippen LogP contribution in [0.15, 0.2) is 0 Å². The Hall–Kier alpha value is -0.340. The molecule has 0 spiro atoms. The van der Waals surface area contributed by atoms with E-state index in [4.69, 9.17) is 29.3 Å². The van der Waals surface area contributed by atoms with Crippen LogP contribution in [0.5, 0.6) is 0 Å². The Morgan fingerprint density at radius 3 is 1.32 bits per heavy atom. The van der Waals surface area contributed by atoms with Gasteiger partial charge in [0.2, 0.25) is 0 Å². The molecule has 0 heterocycles. The second-order valence-electron chi connectivity index (χ2n) is 4.40. The van der Waals surface area contributed by atoms with Crippen molar-refractivity contribution in [2.24, 2.45) is 11.5 Å². The summed E-state index contributed by atoms with van der Waals surface area (Å²) in [5.41, 5.74) is 10.5. The summed E-state index contributed by atoms with van der Waals surface area (Å²) in [5, 5.41) is 0. The van der Waals surface area contributed by atoms with Gasteiger partial charge in [-0.15, -0.1) is 0 Å². The van der Waals surface area contributed by atoms with Gasteiger partial charge in [-0.1, -0.05) is 0 Å². The Morgan fingerprint density at radius 2 is 1.09 bits per heavy atom. The van der Waals surface area contributed by atoms with Gasteiger partial charge in [-0.2, -0.15) is 16.8 Å². The lowest BCUT2D eigenvalue weighted by atomic mass is 10.2. The van der Waals surface area contributed by atoms with Gasteiger partial charge in [0, 0.05) is 13.1 Å². The Morgan fingerprint density at radius 1 is 0.773 bits per heavy atom. The van der Waals surface area contributed by atoms with E-state index >= 15 is 0 Å². The fraction of sp³-hybridized carbons (Fsp3) is 1.00. The highest BCUT2D eigenvalue weighted by Gasteiger charge is 2.30. The van der Waals surface area contributed by atoms with Crippen LogP contribution >= 0.6 is 0 Å². The summed E-state index contributed by atoms with van der Waals surface area (Å²) in [6.07, 6.45) is -0.731. The van der Waals surface area contributed by atoms with Crippen molar-refractivity contribution >= 4 is 20.2 Å². The fourth-order valence-electron chi connectivity index (χ4n) is 1.41. The van der Waals surface area contributed by atoms with Crippen LogP contribution in [0.3, 0.4) is 0 Å². The van der Waals surface area contributed by atoms with Gasteiger partial charge in [0.15, 0.2) is 0 Å². The predicted molar refractivity (Wildman–Crippen MR) is 79.2 cm³/mol. The maximum absolute atomic E-state index is 11.3. The molecule has 134 valence electrons. The number of nitrogens with two attached hydrogens (primary N) is 2. The van der Waals surface area contributed by atoms with Crippen molar-refractivity contribution in [1.82, 2.24) is 0 Å². The van der Waals surface area contributed by atoms with Crippen molar-refractivity contribution in [1.29, 1.82) is 0 Å². The quantitative estimate of drug-likeness (QED) is 0.267. The zero-order chi connectivity index (χ0) is 17.2. The molecule has 12 heteroatoms. The van der Waals surface area contributed by atoms with Crippen molar-refractivity contribution in [2.45, 2.75) is 12.2 Å². The number of hydrogen-bond donors (Lipinski definition) is 2. The molecule has 0 rings (SSSR count). The van der Waals surface area contributed by atoms with Crippen LogP contribution in [-0.4, -0.2) is 81.1 Å². The molecule has 0 bridgehead atoms. The monoisotopic (exact) mass is 364 g/mol. The SMILES string of the molecule is CS(=O)(=O)O[C@@H](COCCN)[C@H](COCCN)OS(C)(=O)=O. The van der Waals surface area contributed by atoms with Gasteiger partial charge < -0.3 is 20.9 Å². The number of ether oxygens (including phenoxy) is 2. The summed E-state index contributed by atoms with van der Waals surface area (Å²) < 4.78 is 65.1. The van der Waals surface area contributed by atoms with Crippen LogP contribution in [0.1, 0.15) is 0 Å². The van der Waals surface area contributed by atoms with Crippen LogP contribution in [0.4, 0.5) is 0 Å². The lowest BCUT2D eigenvalue weighted by Crippen LogP contribution is -2.42. The second kappa shape index (κ2) is 10.4. The third-order valence-corrected chi connectivity index (χ3v) is 3.29. The molecule has 0 aliphatic carbocycles. The van der Waals surface area contributed by atoms with E-state index in [9.17, 15) is 16.8 Å². The lowest BCUT2D eigenvalue weighted by Gasteiger charge is -2.25. The van der Waals surface area contributed by atoms with Crippen molar-refractivity contribution in [3.8, 4) is 0 Å². The highest BCUT2D eigenvalue weighted by Crippen LogP contribution is 2.12. The zero-order valence-electron chi connectivity index (χ0n) is 12.6. The van der Waals surface area contributed by atoms with Crippen LogP contribution in [0, 0.1) is 0 Å². The molecule has 4 N–H and O–H groups in total. The first kappa shape index (κ1) is 21.7. The molecule has 0 saturated heterocycles. The second-order valence-corrected chi connectivity index (χ2v) is 7.61. The minimum Gasteiger partial charge on any atom is -0.377 e. The van der Waals surface area contributed by atoms with E-state index in [2.05, 4.69) is 0 Å². The van der Waals surface area contributed by atoms with Gasteiger partial charge in [-0.25, -0.2) is 0 Å². The number of hydrogen-bond acceptors (Lipinski definition) is 10. The van der Waals surface area contributed by atoms with Crippen LogP contribution in [0.2, 0.25) is 0 Å². The molecule has 10 nitrogen and oxygen atoms in total. The molecular formula is C10H24N2O8S2. The molecule has 0 aromatic heterocycles. The molecule has 0 amide bonds. The standard InChI is InChI=1S/C10H24N2O8S2/c1-21(13,14)19-9(7-17-5-3-11)10(8-18-6-4-12)20-22(2,15)16/h9-10H,3-8,11-12H2,1-2H3/t9-,10-/m0/s1. The summed E-state index contributed by atoms with van der Waals surface area (Å²) in [5.74, 6) is 0. The highest BCUT2D eigenvalue weighted by atomic mass is 32.2. The molecular weight excluding hydrogens is 340 g/mol. The first-order valence-corrected chi connectivity index (χ1v) is 10.0. The van der Waals surface area contributed by atoms with Gasteiger partial charge in [0.25, 0.3) is 20.2 Å². The maximum atomic E-state index is 11.3. The summed E-state index contributed by atoms with van der Waals surface area (Å²) in [4.78, 5) is 0. The van der Waals surface area contributed by atoms with E-state index in [1.54, 1.807) is 0 Å². The molecule has 0 fully saturated rings. The number of rotatable bonds is 13. The molecule has 0 aromatic rings. The van der Waals surface area contributed by atoms with Crippen molar-refractivity contribution in [2.75, 3.05) is 52.0 Å². The Balaban J connectivity index is 5.03. The van der Waals surface area contributed by atoms with E-state index in [-0.39, 0.29) is 39.5 Å². The van der Waals surface area contributed by atoms with Gasteiger partial charge in [0.1, 0.15) is 12.2 Å². The van der Waals surface area contributed by atoms with Gasteiger partial charge in [-0.3, -0.25) is 8.37 Å². The Bertz CT molecular complexity index is 447. The van der Waals surface area contributed by atoms with Crippen LogP contribution in [-0.2, 0) is 38.1 Å². The molecule has 0 saturated carbocycles. The largest absolute Gasteiger partial charge is 0.377 e. The first-order valence-electron chi connectivity index (χ1n) is 6.41. The van der Waals surface area contributed by atoms with E-state index in [0.717, 1.165) is 12.5 Å². The minimum absolute atomic E-state index is 0.152. The van der Waals surface area contributed by atoms with Crippen molar-refractivity contribution < 1.29 is 34.7 Å². The van der Waals surface area contributed by atoms with Crippen LogP contribution < -0.4 is 11.5 Å². The third-order valence-electron chi connectivity index (χ3n) is 2.10. The van der Waals surface area contributed by atoms with Crippen molar-refractivity contribution in [3.63, 3.8) is 0 Å². The van der Waals surface area contributed by atoms with Gasteiger partial charge in [0.05, 0.1) is 38.9 Å². The smallest absolute Gasteiger partial charge is 0.264 e. The Labute approximate surface area is 131 Å². The van der Waals surface area contributed by atoms with E-state index in [1.165, 1.54) is 0 Å². The zero-order valence-corrected chi connectivity index (χ0v) is 14.3. The molecule has 0 unspecified atom stereocenters. The summed E-state index contributed by atoms with van der Waals surface area (Å²) in [6.45, 7) is 0.282. The molecule has 22 heavy (non-hydrogen) atoms. The van der Waals surface area contributed by atoms with Crippen LogP contribution in [0.25, 0.3) is 0 Å². The van der Waals surface area contributed by atoms with E-state index in [1.807, 2.05) is 0 Å². The third kappa shape index (κ3) is 12.2. The summed E-state index contributed by atoms with van der Waals surface area (Å²) >= 11 is 0. The Kier molecular flexibility index (Phi) is 10.3. The molecule has 2 atom stereocenters. The average molecular weight is 364 g/mol. The molecule has 0 aliphatic heterocycles. The normalized spacial score (nSPS) is 15.6. The van der Waals surface area contributed by atoms with Gasteiger partial charge in [-0.05, 0) is 0 Å². The topological polar surface area (TPSA) is 157 Å². The molecule has 0 aliphatic rings. The fourth-order valence-corrected chi connectivity index (χ4v) is 2.67. The van der Waals surface area contributed by atoms with E-state index in [0.29, 0.717) is 0 Å². The first-order chi connectivity index (χ1) is 10.1. The highest BCUT2D eigenvalue weighted by molar-refractivity contribution is 7.86. The predicted octanol–water partition coefficient (Wildman–Crippen LogP) is -2.37. The van der Waals surface area contributed by atoms with Crippen molar-refractivity contribution in [3.05, 3.63) is 0 Å².